The maximum absolute atomic E-state index is 11.9. The molecule has 96 valence electrons. The summed E-state index contributed by atoms with van der Waals surface area (Å²) in [6, 6.07) is 0. The van der Waals surface area contributed by atoms with Gasteiger partial charge in [0.1, 0.15) is 0 Å². The molecule has 4 nitrogen and oxygen atoms in total. The molecule has 0 saturated carbocycles. The first-order valence-corrected chi connectivity index (χ1v) is 6.33. The minimum atomic E-state index is 0.0688. The molecule has 1 unspecified atom stereocenters. The Labute approximate surface area is 108 Å². The van der Waals surface area contributed by atoms with Gasteiger partial charge < -0.3 is 4.90 Å². The highest BCUT2D eigenvalue weighted by Crippen LogP contribution is 2.22. The van der Waals surface area contributed by atoms with E-state index in [-0.39, 0.29) is 11.8 Å². The Kier molecular flexibility index (Phi) is 3.42. The lowest BCUT2D eigenvalue weighted by Gasteiger charge is -2.16. The summed E-state index contributed by atoms with van der Waals surface area (Å²) in [4.78, 5) is 13.7. The van der Waals surface area contributed by atoms with Crippen LogP contribution in [0.15, 0.2) is 0 Å². The van der Waals surface area contributed by atoms with Gasteiger partial charge in [-0.1, -0.05) is 0 Å². The van der Waals surface area contributed by atoms with E-state index < -0.39 is 0 Å². The van der Waals surface area contributed by atoms with Crippen LogP contribution in [0.1, 0.15) is 30.3 Å². The lowest BCUT2D eigenvalue weighted by Crippen LogP contribution is -2.25. The molecule has 0 aromatic carbocycles. The molecule has 0 radical (unpaired) electrons. The molecule has 18 heavy (non-hydrogen) atoms. The Bertz CT molecular complexity index is 510. The molecule has 0 aliphatic carbocycles. The minimum Gasteiger partial charge on any atom is -0.337 e. The van der Waals surface area contributed by atoms with Gasteiger partial charge in [0.15, 0.2) is 0 Å². The van der Waals surface area contributed by atoms with Crippen LogP contribution in [0.4, 0.5) is 0 Å². The molecule has 0 spiro atoms. The van der Waals surface area contributed by atoms with Gasteiger partial charge in [-0.25, -0.2) is 0 Å². The number of carbonyl (C=O) groups is 1. The van der Waals surface area contributed by atoms with Gasteiger partial charge in [0.05, 0.1) is 5.69 Å². The van der Waals surface area contributed by atoms with Gasteiger partial charge in [-0.05, 0) is 20.8 Å². The summed E-state index contributed by atoms with van der Waals surface area (Å²) in [6.07, 6.45) is 5.87. The van der Waals surface area contributed by atoms with Crippen LogP contribution in [0.2, 0.25) is 0 Å². The van der Waals surface area contributed by atoms with Gasteiger partial charge in [-0.2, -0.15) is 5.10 Å². The van der Waals surface area contributed by atoms with Crippen molar-refractivity contribution in [1.82, 2.24) is 14.7 Å². The monoisotopic (exact) mass is 245 g/mol. The Morgan fingerprint density at radius 1 is 1.50 bits per heavy atom. The van der Waals surface area contributed by atoms with Gasteiger partial charge in [-0.3, -0.25) is 9.48 Å². The van der Waals surface area contributed by atoms with Crippen LogP contribution in [0.5, 0.6) is 0 Å². The van der Waals surface area contributed by atoms with Crippen molar-refractivity contribution in [3.63, 3.8) is 0 Å². The number of likely N-dealkylation sites (tertiary alicyclic amines) is 1. The van der Waals surface area contributed by atoms with Gasteiger partial charge in [0.2, 0.25) is 5.91 Å². The second kappa shape index (κ2) is 4.85. The summed E-state index contributed by atoms with van der Waals surface area (Å²) in [7, 11) is 0. The lowest BCUT2D eigenvalue weighted by atomic mass is 10.1. The zero-order valence-electron chi connectivity index (χ0n) is 11.2. The molecule has 1 atom stereocenters. The van der Waals surface area contributed by atoms with Crippen molar-refractivity contribution in [3.05, 3.63) is 17.0 Å². The summed E-state index contributed by atoms with van der Waals surface area (Å²) in [5.41, 5.74) is 3.31. The Hall–Kier alpha value is -1.76. The third-order valence-corrected chi connectivity index (χ3v) is 3.63. The van der Waals surface area contributed by atoms with Crippen molar-refractivity contribution in [2.24, 2.45) is 5.92 Å². The summed E-state index contributed by atoms with van der Waals surface area (Å²) in [5, 5.41) is 4.47. The predicted molar refractivity (Wildman–Crippen MR) is 69.7 cm³/mol. The molecule has 4 heteroatoms. The first-order valence-electron chi connectivity index (χ1n) is 6.33. The van der Waals surface area contributed by atoms with E-state index in [1.807, 2.05) is 16.5 Å². The number of carbonyl (C=O) groups excluding carboxylic acids is 1. The van der Waals surface area contributed by atoms with E-state index in [9.17, 15) is 4.79 Å². The number of nitrogens with zero attached hydrogens (tertiary/aromatic N) is 3. The molecule has 0 bridgehead atoms. The smallest absolute Gasteiger partial charge is 0.224 e. The molecule has 1 fully saturated rings. The number of hydrogen-bond acceptors (Lipinski definition) is 2. The molecule has 1 aromatic heterocycles. The SMILES string of the molecule is C#CC1CC(=O)N(Cc2c(C)nn(CC)c2C)C1. The van der Waals surface area contributed by atoms with Crippen molar-refractivity contribution in [2.75, 3.05) is 6.54 Å². The largest absolute Gasteiger partial charge is 0.337 e. The van der Waals surface area contributed by atoms with E-state index in [4.69, 9.17) is 6.42 Å². The van der Waals surface area contributed by atoms with Crippen LogP contribution < -0.4 is 0 Å². The van der Waals surface area contributed by atoms with Crippen LogP contribution in [0.25, 0.3) is 0 Å². The molecular weight excluding hydrogens is 226 g/mol. The van der Waals surface area contributed by atoms with Crippen LogP contribution in [0, 0.1) is 32.1 Å². The average Bonchev–Trinajstić information content (AvgIpc) is 2.84. The lowest BCUT2D eigenvalue weighted by molar-refractivity contribution is -0.128. The minimum absolute atomic E-state index is 0.0688. The highest BCUT2D eigenvalue weighted by atomic mass is 16.2. The number of aryl methyl sites for hydroxylation is 2. The van der Waals surface area contributed by atoms with Crippen LogP contribution in [-0.2, 0) is 17.9 Å². The zero-order valence-corrected chi connectivity index (χ0v) is 11.2. The molecule has 1 aliphatic heterocycles. The normalized spacial score (nSPS) is 19.3. The number of rotatable bonds is 3. The van der Waals surface area contributed by atoms with E-state index >= 15 is 0 Å². The summed E-state index contributed by atoms with van der Waals surface area (Å²) in [6.45, 7) is 8.28. The molecule has 2 rings (SSSR count). The van der Waals surface area contributed by atoms with Crippen molar-refractivity contribution < 1.29 is 4.79 Å². The van der Waals surface area contributed by atoms with E-state index in [0.29, 0.717) is 19.5 Å². The summed E-state index contributed by atoms with van der Waals surface area (Å²) < 4.78 is 1.98. The fourth-order valence-electron chi connectivity index (χ4n) is 2.50. The van der Waals surface area contributed by atoms with Gasteiger partial charge in [-0.15, -0.1) is 12.3 Å². The molecule has 1 saturated heterocycles. The second-order valence-electron chi connectivity index (χ2n) is 4.81. The van der Waals surface area contributed by atoms with Crippen molar-refractivity contribution in [1.29, 1.82) is 0 Å². The van der Waals surface area contributed by atoms with Crippen molar-refractivity contribution in [2.45, 2.75) is 40.3 Å². The molecule has 0 N–H and O–H groups in total. The Morgan fingerprint density at radius 2 is 2.22 bits per heavy atom. The Morgan fingerprint density at radius 3 is 2.72 bits per heavy atom. The van der Waals surface area contributed by atoms with Crippen molar-refractivity contribution in [3.8, 4) is 12.3 Å². The van der Waals surface area contributed by atoms with Crippen LogP contribution in [0.3, 0.4) is 0 Å². The third kappa shape index (κ3) is 2.13. The number of aromatic nitrogens is 2. The summed E-state index contributed by atoms with van der Waals surface area (Å²) >= 11 is 0. The maximum Gasteiger partial charge on any atom is 0.224 e. The average molecular weight is 245 g/mol. The maximum atomic E-state index is 11.9. The number of terminal acetylenes is 1. The second-order valence-corrected chi connectivity index (χ2v) is 4.81. The molecule has 2 heterocycles. The third-order valence-electron chi connectivity index (χ3n) is 3.63. The van der Waals surface area contributed by atoms with Crippen molar-refractivity contribution >= 4 is 5.91 Å². The number of hydrogen-bond donors (Lipinski definition) is 0. The van der Waals surface area contributed by atoms with Gasteiger partial charge in [0.25, 0.3) is 0 Å². The molecule has 1 aliphatic rings. The van der Waals surface area contributed by atoms with E-state index in [2.05, 4.69) is 24.9 Å². The zero-order chi connectivity index (χ0) is 13.3. The van der Waals surface area contributed by atoms with Crippen LogP contribution in [-0.4, -0.2) is 27.1 Å². The first kappa shape index (κ1) is 12.7. The topological polar surface area (TPSA) is 38.1 Å². The summed E-state index contributed by atoms with van der Waals surface area (Å²) in [5.74, 6) is 2.89. The van der Waals surface area contributed by atoms with Gasteiger partial charge >= 0.3 is 0 Å². The highest BCUT2D eigenvalue weighted by molar-refractivity contribution is 5.79. The fourth-order valence-corrected chi connectivity index (χ4v) is 2.50. The molecular formula is C14H19N3O. The predicted octanol–water partition coefficient (Wildman–Crippen LogP) is 1.50. The number of amides is 1. The Balaban J connectivity index is 2.18. The fraction of sp³-hybridized carbons (Fsp3) is 0.571. The standard InChI is InChI=1S/C14H19N3O/c1-5-12-7-14(18)16(8-12)9-13-10(3)15-17(6-2)11(13)4/h1,12H,6-9H2,2-4H3. The van der Waals surface area contributed by atoms with E-state index in [1.54, 1.807) is 0 Å². The quantitative estimate of drug-likeness (QED) is 0.757. The molecule has 1 aromatic rings. The van der Waals surface area contributed by atoms with E-state index in [1.165, 1.54) is 0 Å². The van der Waals surface area contributed by atoms with Crippen LogP contribution >= 0.6 is 0 Å². The van der Waals surface area contributed by atoms with Gasteiger partial charge in [0, 0.05) is 43.2 Å². The van der Waals surface area contributed by atoms with E-state index in [0.717, 1.165) is 23.5 Å². The first-order chi connectivity index (χ1) is 8.56. The molecule has 1 amide bonds. The highest BCUT2D eigenvalue weighted by Gasteiger charge is 2.29.